The molecule has 1 saturated heterocycles. The molecular formula is C11H14BClN2O4. The average molecular weight is 285 g/mol. The molecule has 1 aliphatic rings. The number of morpholine rings is 1. The molecule has 19 heavy (non-hydrogen) atoms. The lowest BCUT2D eigenvalue weighted by molar-refractivity contribution is 0.00835. The minimum absolute atomic E-state index is 0.159. The summed E-state index contributed by atoms with van der Waals surface area (Å²) in [7, 11) is -1.61. The van der Waals surface area contributed by atoms with Crippen LogP contribution in [0.1, 0.15) is 10.4 Å². The molecule has 1 aliphatic heterocycles. The third kappa shape index (κ3) is 3.68. The van der Waals surface area contributed by atoms with E-state index in [1.165, 1.54) is 18.2 Å². The Balaban J connectivity index is 2.06. The van der Waals surface area contributed by atoms with Gasteiger partial charge in [0.2, 0.25) is 0 Å². The summed E-state index contributed by atoms with van der Waals surface area (Å²) in [6, 6.07) is 4.23. The zero-order chi connectivity index (χ0) is 13.8. The molecule has 0 aliphatic carbocycles. The normalized spacial score (nSPS) is 19.0. The second-order valence-electron chi connectivity index (χ2n) is 4.15. The summed E-state index contributed by atoms with van der Waals surface area (Å²) in [4.78, 5) is 12.0. The van der Waals surface area contributed by atoms with Crippen molar-refractivity contribution in [3.05, 3.63) is 28.8 Å². The first-order valence-electron chi connectivity index (χ1n) is 5.86. The van der Waals surface area contributed by atoms with Gasteiger partial charge in [0, 0.05) is 13.1 Å². The van der Waals surface area contributed by atoms with Crippen LogP contribution in [0, 0.1) is 0 Å². The van der Waals surface area contributed by atoms with Crippen LogP contribution in [0.4, 0.5) is 0 Å². The first kappa shape index (κ1) is 14.3. The van der Waals surface area contributed by atoms with Crippen LogP contribution in [0.15, 0.2) is 18.2 Å². The Labute approximate surface area is 115 Å². The third-order valence-electron chi connectivity index (χ3n) is 2.76. The monoisotopic (exact) mass is 284 g/mol. The highest BCUT2D eigenvalue weighted by atomic mass is 35.5. The van der Waals surface area contributed by atoms with Gasteiger partial charge in [0.05, 0.1) is 17.2 Å². The Kier molecular flexibility index (Phi) is 4.78. The molecule has 1 heterocycles. The van der Waals surface area contributed by atoms with Crippen molar-refractivity contribution >= 4 is 30.1 Å². The van der Waals surface area contributed by atoms with Gasteiger partial charge in [0.1, 0.15) is 6.23 Å². The van der Waals surface area contributed by atoms with E-state index >= 15 is 0 Å². The summed E-state index contributed by atoms with van der Waals surface area (Å²) in [6.07, 6.45) is -0.388. The Hall–Kier alpha value is -1.12. The number of carbonyl (C=O) groups is 1. The highest BCUT2D eigenvalue weighted by Gasteiger charge is 2.20. The van der Waals surface area contributed by atoms with E-state index in [0.717, 1.165) is 6.54 Å². The van der Waals surface area contributed by atoms with Crippen LogP contribution in [-0.4, -0.2) is 49.0 Å². The molecule has 0 bridgehead atoms. The van der Waals surface area contributed by atoms with Crippen LogP contribution in [0.5, 0.6) is 0 Å². The van der Waals surface area contributed by atoms with E-state index in [0.29, 0.717) is 13.2 Å². The molecule has 1 amide bonds. The predicted octanol–water partition coefficient (Wildman–Crippen LogP) is -1.30. The van der Waals surface area contributed by atoms with Gasteiger partial charge in [-0.15, -0.1) is 0 Å². The van der Waals surface area contributed by atoms with Crippen LogP contribution < -0.4 is 16.1 Å². The fourth-order valence-electron chi connectivity index (χ4n) is 1.76. The number of carbonyl (C=O) groups excluding carboxylic acids is 1. The van der Waals surface area contributed by atoms with Gasteiger partial charge in [-0.25, -0.2) is 0 Å². The van der Waals surface area contributed by atoms with Crippen molar-refractivity contribution in [2.45, 2.75) is 6.23 Å². The molecule has 0 radical (unpaired) electrons. The molecule has 1 fully saturated rings. The maximum absolute atomic E-state index is 12.0. The van der Waals surface area contributed by atoms with Crippen LogP contribution >= 0.6 is 11.6 Å². The molecule has 1 aromatic carbocycles. The lowest BCUT2D eigenvalue weighted by Crippen LogP contribution is -2.49. The summed E-state index contributed by atoms with van der Waals surface area (Å²) in [5.41, 5.74) is 0.498. The molecular weight excluding hydrogens is 270 g/mol. The number of halogens is 1. The minimum atomic E-state index is -1.61. The summed E-state index contributed by atoms with van der Waals surface area (Å²) in [5.74, 6) is -0.363. The van der Waals surface area contributed by atoms with Crippen molar-refractivity contribution in [2.24, 2.45) is 0 Å². The number of amides is 1. The average Bonchev–Trinajstić information content (AvgIpc) is 2.39. The van der Waals surface area contributed by atoms with E-state index in [4.69, 9.17) is 26.4 Å². The van der Waals surface area contributed by atoms with Crippen molar-refractivity contribution in [3.8, 4) is 0 Å². The van der Waals surface area contributed by atoms with Crippen molar-refractivity contribution in [1.82, 2.24) is 10.6 Å². The Morgan fingerprint density at radius 3 is 2.89 bits per heavy atom. The van der Waals surface area contributed by atoms with Crippen LogP contribution in [0.25, 0.3) is 0 Å². The van der Waals surface area contributed by atoms with Gasteiger partial charge in [0.25, 0.3) is 5.91 Å². The van der Waals surface area contributed by atoms with Gasteiger partial charge in [-0.2, -0.15) is 0 Å². The van der Waals surface area contributed by atoms with Gasteiger partial charge in [-0.3, -0.25) is 4.79 Å². The van der Waals surface area contributed by atoms with Crippen molar-refractivity contribution in [2.75, 3.05) is 19.7 Å². The molecule has 0 spiro atoms. The zero-order valence-corrected chi connectivity index (χ0v) is 10.9. The second kappa shape index (κ2) is 6.36. The van der Waals surface area contributed by atoms with E-state index in [-0.39, 0.29) is 28.2 Å². The number of rotatable bonds is 3. The molecule has 6 nitrogen and oxygen atoms in total. The number of nitrogens with one attached hydrogen (secondary N) is 2. The number of hydrogen-bond acceptors (Lipinski definition) is 5. The quantitative estimate of drug-likeness (QED) is 0.518. The van der Waals surface area contributed by atoms with Crippen molar-refractivity contribution in [1.29, 1.82) is 0 Å². The van der Waals surface area contributed by atoms with Crippen LogP contribution in [-0.2, 0) is 4.74 Å². The highest BCUT2D eigenvalue weighted by molar-refractivity contribution is 6.59. The van der Waals surface area contributed by atoms with E-state index in [1.807, 2.05) is 0 Å². The Bertz CT molecular complexity index is 466. The summed E-state index contributed by atoms with van der Waals surface area (Å²) in [6.45, 7) is 1.83. The fourth-order valence-corrected chi connectivity index (χ4v) is 2.03. The largest absolute Gasteiger partial charge is 0.488 e. The predicted molar refractivity (Wildman–Crippen MR) is 71.4 cm³/mol. The maximum Gasteiger partial charge on any atom is 0.488 e. The first-order chi connectivity index (χ1) is 9.08. The lowest BCUT2D eigenvalue weighted by atomic mass is 9.80. The number of benzene rings is 1. The molecule has 8 heteroatoms. The van der Waals surface area contributed by atoms with E-state index in [9.17, 15) is 4.79 Å². The SMILES string of the molecule is O=C(NC1CNCCO1)c1ccc(B(O)O)cc1Cl. The van der Waals surface area contributed by atoms with E-state index in [1.54, 1.807) is 0 Å². The third-order valence-corrected chi connectivity index (χ3v) is 3.07. The lowest BCUT2D eigenvalue weighted by Gasteiger charge is -2.24. The van der Waals surface area contributed by atoms with Gasteiger partial charge in [0.15, 0.2) is 0 Å². The van der Waals surface area contributed by atoms with E-state index in [2.05, 4.69) is 10.6 Å². The van der Waals surface area contributed by atoms with Gasteiger partial charge < -0.3 is 25.4 Å². The summed E-state index contributed by atoms with van der Waals surface area (Å²) in [5, 5.41) is 24.0. The molecule has 1 unspecified atom stereocenters. The van der Waals surface area contributed by atoms with Crippen LogP contribution in [0.3, 0.4) is 0 Å². The maximum atomic E-state index is 12.0. The minimum Gasteiger partial charge on any atom is -0.423 e. The van der Waals surface area contributed by atoms with Gasteiger partial charge >= 0.3 is 7.12 Å². The van der Waals surface area contributed by atoms with Gasteiger partial charge in [-0.05, 0) is 17.6 Å². The molecule has 4 N–H and O–H groups in total. The van der Waals surface area contributed by atoms with Crippen LogP contribution in [0.2, 0.25) is 5.02 Å². The smallest absolute Gasteiger partial charge is 0.423 e. The van der Waals surface area contributed by atoms with Crippen molar-refractivity contribution < 1.29 is 19.6 Å². The Morgan fingerprint density at radius 2 is 2.32 bits per heavy atom. The topological polar surface area (TPSA) is 90.8 Å². The highest BCUT2D eigenvalue weighted by Crippen LogP contribution is 2.14. The summed E-state index contributed by atoms with van der Waals surface area (Å²) < 4.78 is 5.35. The first-order valence-corrected chi connectivity index (χ1v) is 6.24. The zero-order valence-electron chi connectivity index (χ0n) is 10.1. The molecule has 102 valence electrons. The fraction of sp³-hybridized carbons (Fsp3) is 0.364. The molecule has 0 aromatic heterocycles. The number of ether oxygens (including phenoxy) is 1. The molecule has 1 atom stereocenters. The second-order valence-corrected chi connectivity index (χ2v) is 4.56. The molecule has 1 aromatic rings. The van der Waals surface area contributed by atoms with E-state index < -0.39 is 7.12 Å². The Morgan fingerprint density at radius 1 is 1.53 bits per heavy atom. The standard InChI is InChI=1S/C11H14BClN2O4/c13-9-5-7(12(17)18)1-2-8(9)11(16)15-10-6-14-3-4-19-10/h1-2,5,10,14,17-18H,3-4,6H2,(H,15,16). The molecule has 0 saturated carbocycles. The van der Waals surface area contributed by atoms with Gasteiger partial charge in [-0.1, -0.05) is 17.7 Å². The van der Waals surface area contributed by atoms with Crippen molar-refractivity contribution in [3.63, 3.8) is 0 Å². The summed E-state index contributed by atoms with van der Waals surface area (Å²) >= 11 is 5.95. The number of hydrogen-bond donors (Lipinski definition) is 4. The molecule has 2 rings (SSSR count).